The number of benzene rings is 12. The van der Waals surface area contributed by atoms with Crippen molar-refractivity contribution in [3.05, 3.63) is 223 Å². The van der Waals surface area contributed by atoms with Gasteiger partial charge < -0.3 is 19.1 Å². The third-order valence-electron chi connectivity index (χ3n) is 15.0. The Morgan fingerprint density at radius 2 is 0.896 bits per heavy atom. The molecule has 13 aromatic rings. The number of aromatic nitrogens is 1. The third-order valence-corrected chi connectivity index (χ3v) is 15.0. The van der Waals surface area contributed by atoms with Crippen LogP contribution in [0, 0.1) is 0 Å². The second-order valence-electron chi connectivity index (χ2n) is 18.9. The van der Waals surface area contributed by atoms with Gasteiger partial charge in [-0.05, 0) is 150 Å². The van der Waals surface area contributed by atoms with Crippen LogP contribution in [-0.2, 0) is 5.41 Å². The molecule has 0 fully saturated rings. The molecule has 3 heterocycles. The van der Waals surface area contributed by atoms with Crippen molar-refractivity contribution in [2.45, 2.75) is 19.3 Å². The van der Waals surface area contributed by atoms with Gasteiger partial charge in [0.1, 0.15) is 0 Å². The van der Waals surface area contributed by atoms with Gasteiger partial charge in [-0.3, -0.25) is 0 Å². The molecule has 0 amide bonds. The van der Waals surface area contributed by atoms with Crippen molar-refractivity contribution in [1.82, 2.24) is 4.57 Å². The summed E-state index contributed by atoms with van der Waals surface area (Å²) in [7, 11) is 0. The molecule has 0 saturated carbocycles. The van der Waals surface area contributed by atoms with Gasteiger partial charge in [-0.15, -0.1) is 0 Å². The highest BCUT2D eigenvalue weighted by atomic mass is 16.5. The molecule has 0 atom stereocenters. The van der Waals surface area contributed by atoms with E-state index in [4.69, 9.17) is 4.74 Å². The van der Waals surface area contributed by atoms with Crippen LogP contribution in [0.25, 0.3) is 81.4 Å². The normalized spacial score (nSPS) is 14.0. The molecular formula is C63H41N3O. The minimum Gasteiger partial charge on any atom is -0.453 e. The van der Waals surface area contributed by atoms with Crippen molar-refractivity contribution in [2.24, 2.45) is 0 Å². The van der Waals surface area contributed by atoms with E-state index in [-0.39, 0.29) is 5.41 Å². The molecule has 1 aromatic heterocycles. The predicted molar refractivity (Wildman–Crippen MR) is 281 cm³/mol. The first-order chi connectivity index (χ1) is 33.0. The quantitative estimate of drug-likeness (QED) is 0.165. The zero-order valence-corrected chi connectivity index (χ0v) is 37.0. The fraction of sp³-hybridized carbons (Fsp3) is 0.0476. The molecule has 0 N–H and O–H groups in total. The Balaban J connectivity index is 0.945. The van der Waals surface area contributed by atoms with Crippen molar-refractivity contribution in [1.29, 1.82) is 0 Å². The van der Waals surface area contributed by atoms with Crippen molar-refractivity contribution >= 4 is 110 Å². The van der Waals surface area contributed by atoms with Crippen LogP contribution in [-0.4, -0.2) is 4.57 Å². The van der Waals surface area contributed by atoms with Gasteiger partial charge in [-0.2, -0.15) is 0 Å². The van der Waals surface area contributed by atoms with E-state index in [0.717, 1.165) is 39.9 Å². The highest BCUT2D eigenvalue weighted by Crippen LogP contribution is 2.56. The van der Waals surface area contributed by atoms with Crippen LogP contribution in [0.2, 0.25) is 0 Å². The van der Waals surface area contributed by atoms with E-state index in [9.17, 15) is 0 Å². The van der Waals surface area contributed by atoms with Crippen LogP contribution in [0.15, 0.2) is 212 Å². The minimum atomic E-state index is -0.270. The smallest absolute Gasteiger partial charge is 0.151 e. The van der Waals surface area contributed by atoms with Crippen LogP contribution in [0.4, 0.5) is 34.1 Å². The Hall–Kier alpha value is -8.60. The standard InChI is InChI=1S/C63H41N3O/c1-63(2)50-17-6-7-18-52(50)65(44-28-31-46-40(33-44)24-25-41-34-45(29-32-47(41)46)66-53-19-8-10-21-58(53)67-59-22-11-9-20-54(59)66)56-37-55-49(36-51(56)63)62-48-30-27-39-14-12-13-38-23-26-42(61(48)60(38)39)35-57(62)64(55)43-15-4-3-5-16-43/h3-37H,1-2H3. The average molecular weight is 856 g/mol. The molecule has 0 unspecified atom stereocenters. The summed E-state index contributed by atoms with van der Waals surface area (Å²) in [4.78, 5) is 4.83. The lowest BCUT2D eigenvalue weighted by Crippen LogP contribution is -2.30. The topological polar surface area (TPSA) is 20.6 Å². The Bertz CT molecular complexity index is 4180. The number of anilines is 6. The maximum atomic E-state index is 6.34. The molecule has 0 spiro atoms. The van der Waals surface area contributed by atoms with E-state index >= 15 is 0 Å². The van der Waals surface area contributed by atoms with E-state index < -0.39 is 0 Å². The molecule has 4 nitrogen and oxygen atoms in total. The van der Waals surface area contributed by atoms with Crippen LogP contribution in [0.5, 0.6) is 11.5 Å². The average Bonchev–Trinajstić information content (AvgIpc) is 3.69. The number of hydrogen-bond acceptors (Lipinski definition) is 3. The number of fused-ring (bicyclic) bond motifs is 11. The lowest BCUT2D eigenvalue weighted by molar-refractivity contribution is 0.477. The highest BCUT2D eigenvalue weighted by molar-refractivity contribution is 6.33. The number of ether oxygens (including phenoxy) is 1. The zero-order valence-electron chi connectivity index (χ0n) is 37.0. The maximum absolute atomic E-state index is 6.34. The third kappa shape index (κ3) is 5.02. The minimum absolute atomic E-state index is 0.270. The van der Waals surface area contributed by atoms with Gasteiger partial charge in [0.15, 0.2) is 11.5 Å². The molecule has 0 saturated heterocycles. The second kappa shape index (κ2) is 13.2. The lowest BCUT2D eigenvalue weighted by atomic mass is 9.73. The monoisotopic (exact) mass is 855 g/mol. The van der Waals surface area contributed by atoms with Crippen molar-refractivity contribution in [2.75, 3.05) is 9.80 Å². The molecule has 4 heteroatoms. The Labute approximate surface area is 387 Å². The van der Waals surface area contributed by atoms with Gasteiger partial charge >= 0.3 is 0 Å². The van der Waals surface area contributed by atoms with Gasteiger partial charge in [-0.25, -0.2) is 0 Å². The van der Waals surface area contributed by atoms with Gasteiger partial charge in [0.05, 0.1) is 33.8 Å². The maximum Gasteiger partial charge on any atom is 0.151 e. The molecule has 0 bridgehead atoms. The molecule has 2 aliphatic rings. The first-order valence-electron chi connectivity index (χ1n) is 23.2. The second-order valence-corrected chi connectivity index (χ2v) is 18.9. The molecule has 0 aliphatic carbocycles. The van der Waals surface area contributed by atoms with Crippen LogP contribution >= 0.6 is 0 Å². The number of nitrogens with zero attached hydrogens (tertiary/aromatic N) is 3. The Morgan fingerprint density at radius 3 is 1.60 bits per heavy atom. The van der Waals surface area contributed by atoms with Gasteiger partial charge in [-0.1, -0.05) is 141 Å². The Kier molecular flexibility index (Phi) is 7.26. The fourth-order valence-corrected chi connectivity index (χ4v) is 11.9. The SMILES string of the molecule is CC1(C)c2ccccc2N(c2ccc3c(ccc4cc(N5c6ccccc6Oc6ccccc65)ccc43)c2)c2cc3c(cc21)c1c2ccc4cccc5ccc(cc1n3-c1ccccc1)c2c54. The highest BCUT2D eigenvalue weighted by Gasteiger charge is 2.38. The first-order valence-corrected chi connectivity index (χ1v) is 23.2. The van der Waals surface area contributed by atoms with Gasteiger partial charge in [0, 0.05) is 33.2 Å². The van der Waals surface area contributed by atoms with Crippen molar-refractivity contribution < 1.29 is 4.74 Å². The van der Waals surface area contributed by atoms with Gasteiger partial charge in [0.25, 0.3) is 0 Å². The van der Waals surface area contributed by atoms with Gasteiger partial charge in [0.2, 0.25) is 0 Å². The van der Waals surface area contributed by atoms with E-state index in [1.54, 1.807) is 0 Å². The van der Waals surface area contributed by atoms with E-state index in [1.165, 1.54) is 98.2 Å². The number of rotatable bonds is 3. The molecule has 67 heavy (non-hydrogen) atoms. The molecule has 2 aliphatic heterocycles. The van der Waals surface area contributed by atoms with Crippen LogP contribution in [0.3, 0.4) is 0 Å². The lowest BCUT2D eigenvalue weighted by Gasteiger charge is -2.42. The predicted octanol–water partition coefficient (Wildman–Crippen LogP) is 17.7. The number of para-hydroxylation sites is 6. The summed E-state index contributed by atoms with van der Waals surface area (Å²) in [6, 6.07) is 78.4. The van der Waals surface area contributed by atoms with Crippen LogP contribution in [0.1, 0.15) is 25.0 Å². The summed E-state index contributed by atoms with van der Waals surface area (Å²) < 4.78 is 8.84. The molecule has 15 rings (SSSR count). The molecule has 314 valence electrons. The van der Waals surface area contributed by atoms with Crippen molar-refractivity contribution in [3.63, 3.8) is 0 Å². The summed E-state index contributed by atoms with van der Waals surface area (Å²) in [6.07, 6.45) is 0. The van der Waals surface area contributed by atoms with Crippen LogP contribution < -0.4 is 14.5 Å². The summed E-state index contributed by atoms with van der Waals surface area (Å²) in [6.45, 7) is 4.80. The zero-order chi connectivity index (χ0) is 44.1. The van der Waals surface area contributed by atoms with E-state index in [2.05, 4.69) is 216 Å². The molecule has 0 radical (unpaired) electrons. The fourth-order valence-electron chi connectivity index (χ4n) is 11.9. The number of hydrogen-bond donors (Lipinski definition) is 0. The summed E-state index contributed by atoms with van der Waals surface area (Å²) >= 11 is 0. The summed E-state index contributed by atoms with van der Waals surface area (Å²) in [5, 5.41) is 15.2. The molecule has 12 aromatic carbocycles. The Morgan fingerprint density at radius 1 is 0.328 bits per heavy atom. The summed E-state index contributed by atoms with van der Waals surface area (Å²) in [5.41, 5.74) is 12.6. The first kappa shape index (κ1) is 36.7. The van der Waals surface area contributed by atoms with Crippen molar-refractivity contribution in [3.8, 4) is 17.2 Å². The largest absolute Gasteiger partial charge is 0.453 e. The molecular weight excluding hydrogens is 815 g/mol. The summed E-state index contributed by atoms with van der Waals surface area (Å²) in [5.74, 6) is 1.71. The van der Waals surface area contributed by atoms with E-state index in [0.29, 0.717) is 0 Å². The van der Waals surface area contributed by atoms with E-state index in [1.807, 2.05) is 24.3 Å².